The first-order chi connectivity index (χ1) is 18.5. The van der Waals surface area contributed by atoms with Crippen molar-refractivity contribution in [1.82, 2.24) is 19.7 Å². The van der Waals surface area contributed by atoms with Crippen LogP contribution < -0.4 is 10.9 Å². The quantitative estimate of drug-likeness (QED) is 0.344. The van der Waals surface area contributed by atoms with Crippen molar-refractivity contribution in [3.05, 3.63) is 87.8 Å². The molecule has 1 unspecified atom stereocenters. The van der Waals surface area contributed by atoms with Gasteiger partial charge >= 0.3 is 5.97 Å². The van der Waals surface area contributed by atoms with Gasteiger partial charge in [0, 0.05) is 42.2 Å². The Hall–Kier alpha value is -4.24. The molecule has 2 aromatic carbocycles. The van der Waals surface area contributed by atoms with Crippen molar-refractivity contribution in [3.63, 3.8) is 0 Å². The number of H-pyrrole nitrogens is 1. The lowest BCUT2D eigenvalue weighted by Gasteiger charge is -2.30. The minimum Gasteiger partial charge on any atom is -0.449 e. The third-order valence-electron chi connectivity index (χ3n) is 6.77. The SMILES string of the molecule is CCCN1CCc2nc3ccccc3c(C(=O)OC(CC)C(=O)Nc3cc(=O)n(-c4ccccc4)[nH]3)c2C1. The van der Waals surface area contributed by atoms with E-state index in [1.54, 1.807) is 19.1 Å². The molecule has 1 atom stereocenters. The minimum atomic E-state index is -1.04. The Balaban J connectivity index is 1.40. The summed E-state index contributed by atoms with van der Waals surface area (Å²) in [6.07, 6.45) is 1.00. The van der Waals surface area contributed by atoms with Crippen LogP contribution in [0.2, 0.25) is 0 Å². The lowest BCUT2D eigenvalue weighted by molar-refractivity contribution is -0.124. The molecular formula is C29H31N5O4. The first-order valence-electron chi connectivity index (χ1n) is 13.0. The number of anilines is 1. The van der Waals surface area contributed by atoms with Crippen molar-refractivity contribution in [2.75, 3.05) is 18.4 Å². The number of rotatable bonds is 8. The fourth-order valence-corrected chi connectivity index (χ4v) is 4.94. The number of nitrogens with one attached hydrogen (secondary N) is 2. The maximum atomic E-state index is 13.7. The molecule has 1 aliphatic heterocycles. The van der Waals surface area contributed by atoms with Crippen molar-refractivity contribution in [2.45, 2.75) is 45.8 Å². The molecule has 0 saturated heterocycles. The number of hydrogen-bond acceptors (Lipinski definition) is 6. The van der Waals surface area contributed by atoms with E-state index in [0.29, 0.717) is 23.2 Å². The molecule has 0 radical (unpaired) electrons. The van der Waals surface area contributed by atoms with E-state index in [4.69, 9.17) is 9.72 Å². The van der Waals surface area contributed by atoms with Crippen LogP contribution in [0, 0.1) is 0 Å². The number of esters is 1. The highest BCUT2D eigenvalue weighted by Gasteiger charge is 2.29. The van der Waals surface area contributed by atoms with Crippen LogP contribution in [-0.2, 0) is 22.5 Å². The van der Waals surface area contributed by atoms with Crippen LogP contribution >= 0.6 is 0 Å². The van der Waals surface area contributed by atoms with Crippen molar-refractivity contribution < 1.29 is 14.3 Å². The number of pyridine rings is 1. The predicted molar refractivity (Wildman–Crippen MR) is 146 cm³/mol. The van der Waals surface area contributed by atoms with Gasteiger partial charge in [-0.05, 0) is 37.6 Å². The monoisotopic (exact) mass is 513 g/mol. The Kier molecular flexibility index (Phi) is 7.37. The molecule has 3 heterocycles. The highest BCUT2D eigenvalue weighted by atomic mass is 16.5. The molecule has 1 aliphatic rings. The molecule has 5 rings (SSSR count). The van der Waals surface area contributed by atoms with Gasteiger partial charge in [-0.2, -0.15) is 0 Å². The summed E-state index contributed by atoms with van der Waals surface area (Å²) in [4.78, 5) is 46.4. The largest absolute Gasteiger partial charge is 0.449 e. The third kappa shape index (κ3) is 5.10. The summed E-state index contributed by atoms with van der Waals surface area (Å²) < 4.78 is 7.15. The maximum absolute atomic E-state index is 13.7. The zero-order valence-corrected chi connectivity index (χ0v) is 21.6. The molecule has 0 aliphatic carbocycles. The van der Waals surface area contributed by atoms with Gasteiger partial charge in [-0.1, -0.05) is 50.2 Å². The number of aromatic nitrogens is 3. The van der Waals surface area contributed by atoms with Gasteiger partial charge in [0.05, 0.1) is 16.8 Å². The Morgan fingerprint density at radius 2 is 1.87 bits per heavy atom. The van der Waals surface area contributed by atoms with Crippen LogP contribution in [0.25, 0.3) is 16.6 Å². The van der Waals surface area contributed by atoms with Crippen LogP contribution in [0.5, 0.6) is 0 Å². The molecule has 0 fully saturated rings. The average molecular weight is 514 g/mol. The van der Waals surface area contributed by atoms with Crippen molar-refractivity contribution in [3.8, 4) is 5.69 Å². The first-order valence-corrected chi connectivity index (χ1v) is 13.0. The molecular weight excluding hydrogens is 482 g/mol. The average Bonchev–Trinajstić information content (AvgIpc) is 3.30. The van der Waals surface area contributed by atoms with Crippen LogP contribution in [-0.4, -0.2) is 50.7 Å². The summed E-state index contributed by atoms with van der Waals surface area (Å²) in [7, 11) is 0. The molecule has 0 saturated carbocycles. The molecule has 4 aromatic rings. The minimum absolute atomic E-state index is 0.222. The zero-order valence-electron chi connectivity index (χ0n) is 21.6. The summed E-state index contributed by atoms with van der Waals surface area (Å²) in [5.74, 6) is -0.835. The second kappa shape index (κ2) is 11.0. The van der Waals surface area contributed by atoms with Crippen molar-refractivity contribution in [1.29, 1.82) is 0 Å². The van der Waals surface area contributed by atoms with Crippen molar-refractivity contribution in [2.24, 2.45) is 0 Å². The molecule has 2 aromatic heterocycles. The lowest BCUT2D eigenvalue weighted by Crippen LogP contribution is -2.35. The number of ether oxygens (including phenoxy) is 1. The van der Waals surface area contributed by atoms with Gasteiger partial charge in [0.2, 0.25) is 0 Å². The number of fused-ring (bicyclic) bond motifs is 2. The number of amides is 1. The summed E-state index contributed by atoms with van der Waals surface area (Å²) >= 11 is 0. The van der Waals surface area contributed by atoms with Gasteiger partial charge in [-0.25, -0.2) is 9.48 Å². The van der Waals surface area contributed by atoms with E-state index in [9.17, 15) is 14.4 Å². The third-order valence-corrected chi connectivity index (χ3v) is 6.77. The topological polar surface area (TPSA) is 109 Å². The fourth-order valence-electron chi connectivity index (χ4n) is 4.94. The lowest BCUT2D eigenvalue weighted by atomic mass is 9.95. The Labute approximate surface area is 220 Å². The van der Waals surface area contributed by atoms with Crippen LogP contribution in [0.3, 0.4) is 0 Å². The van der Waals surface area contributed by atoms with Gasteiger partial charge in [-0.15, -0.1) is 0 Å². The molecule has 38 heavy (non-hydrogen) atoms. The Morgan fingerprint density at radius 1 is 1.11 bits per heavy atom. The number of hydrogen-bond donors (Lipinski definition) is 2. The molecule has 196 valence electrons. The number of carbonyl (C=O) groups is 2. The van der Waals surface area contributed by atoms with Crippen LogP contribution in [0.1, 0.15) is 48.3 Å². The number of carbonyl (C=O) groups excluding carboxylic acids is 2. The first kappa shape index (κ1) is 25.4. The van der Waals surface area contributed by atoms with Gasteiger partial charge in [0.15, 0.2) is 6.10 Å². The summed E-state index contributed by atoms with van der Waals surface area (Å²) in [6.45, 7) is 6.35. The normalized spacial score (nSPS) is 14.2. The smallest absolute Gasteiger partial charge is 0.340 e. The van der Waals surface area contributed by atoms with E-state index in [1.807, 2.05) is 42.5 Å². The van der Waals surface area contributed by atoms with Gasteiger partial charge in [0.1, 0.15) is 5.82 Å². The highest BCUT2D eigenvalue weighted by Crippen LogP contribution is 2.29. The molecule has 9 nitrogen and oxygen atoms in total. The predicted octanol–water partition coefficient (Wildman–Crippen LogP) is 4.06. The fraction of sp³-hybridized carbons (Fsp3) is 0.310. The molecule has 9 heteroatoms. The Bertz CT molecular complexity index is 1530. The van der Waals surface area contributed by atoms with Crippen LogP contribution in [0.15, 0.2) is 65.5 Å². The molecule has 2 N–H and O–H groups in total. The number of nitrogens with zero attached hydrogens (tertiary/aromatic N) is 3. The van der Waals surface area contributed by atoms with Crippen LogP contribution in [0.4, 0.5) is 5.82 Å². The summed E-state index contributed by atoms with van der Waals surface area (Å²) in [5.41, 5.74) is 3.31. The van der Waals surface area contributed by atoms with E-state index in [2.05, 4.69) is 22.2 Å². The van der Waals surface area contributed by atoms with E-state index in [1.165, 1.54) is 10.7 Å². The second-order valence-electron chi connectivity index (χ2n) is 9.43. The highest BCUT2D eigenvalue weighted by molar-refractivity contribution is 6.06. The Morgan fingerprint density at radius 3 is 2.63 bits per heavy atom. The number of benzene rings is 2. The van der Waals surface area contributed by atoms with E-state index < -0.39 is 18.0 Å². The zero-order chi connectivity index (χ0) is 26.6. The van der Waals surface area contributed by atoms with Crippen molar-refractivity contribution >= 4 is 28.6 Å². The number of para-hydroxylation sites is 2. The maximum Gasteiger partial charge on any atom is 0.340 e. The van der Waals surface area contributed by atoms with Gasteiger partial charge in [-0.3, -0.25) is 24.6 Å². The second-order valence-corrected chi connectivity index (χ2v) is 9.43. The summed E-state index contributed by atoms with van der Waals surface area (Å²) in [6, 6.07) is 17.9. The van der Waals surface area contributed by atoms with E-state index in [0.717, 1.165) is 42.7 Å². The molecule has 0 spiro atoms. The van der Waals surface area contributed by atoms with E-state index in [-0.39, 0.29) is 17.8 Å². The summed E-state index contributed by atoms with van der Waals surface area (Å²) in [5, 5.41) is 6.30. The molecule has 0 bridgehead atoms. The van der Waals surface area contributed by atoms with E-state index >= 15 is 0 Å². The van der Waals surface area contributed by atoms with Gasteiger partial charge < -0.3 is 10.1 Å². The van der Waals surface area contributed by atoms with Gasteiger partial charge in [0.25, 0.3) is 11.5 Å². The molecule has 1 amide bonds. The number of aromatic amines is 1. The standard InChI is InChI=1S/C29H31N5O4/c1-3-15-33-16-14-23-21(18-33)27(20-12-8-9-13-22(20)30-23)29(37)38-24(4-2)28(36)31-25-17-26(35)34(32-25)19-10-6-5-7-11-19/h5-13,17,24,32H,3-4,14-16,18H2,1-2H3,(H,31,36).